The number of halogens is 1. The van der Waals surface area contributed by atoms with Crippen LogP contribution in [-0.2, 0) is 0 Å². The summed E-state index contributed by atoms with van der Waals surface area (Å²) in [6.07, 6.45) is -1.49. The first-order chi connectivity index (χ1) is 10.3. The van der Waals surface area contributed by atoms with Gasteiger partial charge in [0.2, 0.25) is 0 Å². The molecule has 0 spiro atoms. The third-order valence-corrected chi connectivity index (χ3v) is 4.09. The Morgan fingerprint density at radius 3 is 2.86 bits per heavy atom. The zero-order chi connectivity index (χ0) is 16.5. The Labute approximate surface area is 126 Å². The first kappa shape index (κ1) is 16.1. The van der Waals surface area contributed by atoms with E-state index in [4.69, 9.17) is 5.53 Å². The molecule has 2 N–H and O–H groups in total. The second kappa shape index (κ2) is 5.82. The number of nitrogens with zero attached hydrogens (tertiary/aromatic N) is 4. The topological polar surface area (TPSA) is 110 Å². The number of benzene rings is 1. The zero-order valence-electron chi connectivity index (χ0n) is 12.3. The Bertz CT molecular complexity index is 643. The first-order valence-electron chi connectivity index (χ1n) is 6.83. The predicted octanol–water partition coefficient (Wildman–Crippen LogP) is 3.72. The molecule has 0 bridgehead atoms. The molecular weight excluding hydrogens is 291 g/mol. The molecule has 1 saturated heterocycles. The lowest BCUT2D eigenvalue weighted by Gasteiger charge is -2.35. The number of carbonyl (C=O) groups is 1. The number of rotatable bonds is 3. The van der Waals surface area contributed by atoms with Gasteiger partial charge in [0, 0.05) is 16.0 Å². The summed E-state index contributed by atoms with van der Waals surface area (Å²) in [5.74, 6) is -0.831. The number of amides is 1. The monoisotopic (exact) mass is 308 g/mol. The van der Waals surface area contributed by atoms with Crippen molar-refractivity contribution in [2.45, 2.75) is 44.4 Å². The second-order valence-corrected chi connectivity index (χ2v) is 5.89. The molecule has 118 valence electrons. The molecule has 8 heteroatoms. The standard InChI is InChI=1S/C14H17FN4O3/c1-14(2)7-6-10(19(14)13(21)22)12(20)8-4-3-5-9(11(8)15)17-18-16/h3-5,10,12,20H,6-7H2,1-2H3,(H,21,22)/t10-,12?/m1/s1. The van der Waals surface area contributed by atoms with Crippen molar-refractivity contribution in [2.24, 2.45) is 5.11 Å². The van der Waals surface area contributed by atoms with Crippen molar-refractivity contribution >= 4 is 11.8 Å². The van der Waals surface area contributed by atoms with Crippen LogP contribution in [0.15, 0.2) is 23.3 Å². The van der Waals surface area contributed by atoms with Gasteiger partial charge in [-0.05, 0) is 38.3 Å². The normalized spacial score (nSPS) is 21.3. The van der Waals surface area contributed by atoms with Crippen LogP contribution in [-0.4, -0.2) is 32.8 Å². The van der Waals surface area contributed by atoms with Crippen molar-refractivity contribution in [3.05, 3.63) is 40.0 Å². The van der Waals surface area contributed by atoms with Gasteiger partial charge in [-0.2, -0.15) is 0 Å². The number of likely N-dealkylation sites (tertiary alicyclic amines) is 1. The number of hydrogen-bond donors (Lipinski definition) is 2. The number of aliphatic hydroxyl groups is 1. The largest absolute Gasteiger partial charge is 0.465 e. The van der Waals surface area contributed by atoms with Crippen LogP contribution in [0.4, 0.5) is 14.9 Å². The summed E-state index contributed by atoms with van der Waals surface area (Å²) < 4.78 is 14.3. The highest BCUT2D eigenvalue weighted by Gasteiger charge is 2.46. The number of azide groups is 1. The summed E-state index contributed by atoms with van der Waals surface area (Å²) >= 11 is 0. The summed E-state index contributed by atoms with van der Waals surface area (Å²) in [6, 6.07) is 3.36. The van der Waals surface area contributed by atoms with Gasteiger partial charge < -0.3 is 10.2 Å². The minimum atomic E-state index is -1.33. The molecule has 1 aromatic carbocycles. The third kappa shape index (κ3) is 2.70. The van der Waals surface area contributed by atoms with Crippen LogP contribution in [0.5, 0.6) is 0 Å². The van der Waals surface area contributed by atoms with E-state index in [1.54, 1.807) is 13.8 Å². The maximum Gasteiger partial charge on any atom is 0.408 e. The van der Waals surface area contributed by atoms with E-state index in [0.29, 0.717) is 12.8 Å². The average molecular weight is 308 g/mol. The van der Waals surface area contributed by atoms with Crippen molar-refractivity contribution in [3.8, 4) is 0 Å². The van der Waals surface area contributed by atoms with Crippen LogP contribution >= 0.6 is 0 Å². The van der Waals surface area contributed by atoms with Gasteiger partial charge >= 0.3 is 6.09 Å². The molecule has 0 aliphatic carbocycles. The highest BCUT2D eigenvalue weighted by molar-refractivity contribution is 5.67. The molecule has 1 heterocycles. The molecule has 0 saturated carbocycles. The smallest absolute Gasteiger partial charge is 0.408 e. The van der Waals surface area contributed by atoms with E-state index in [1.165, 1.54) is 18.2 Å². The van der Waals surface area contributed by atoms with E-state index >= 15 is 0 Å². The lowest BCUT2D eigenvalue weighted by Crippen LogP contribution is -2.48. The van der Waals surface area contributed by atoms with Gasteiger partial charge in [0.25, 0.3) is 0 Å². The SMILES string of the molecule is CC1(C)CC[C@H](C(O)c2cccc(N=[N+]=[N-])c2F)N1C(=O)O. The number of aliphatic hydroxyl groups excluding tert-OH is 1. The van der Waals surface area contributed by atoms with Crippen LogP contribution in [0.2, 0.25) is 0 Å². The van der Waals surface area contributed by atoms with Crippen molar-refractivity contribution in [1.82, 2.24) is 4.90 Å². The molecule has 2 atom stereocenters. The Morgan fingerprint density at radius 1 is 1.59 bits per heavy atom. The van der Waals surface area contributed by atoms with E-state index in [-0.39, 0.29) is 11.3 Å². The first-order valence-corrected chi connectivity index (χ1v) is 6.83. The average Bonchev–Trinajstić information content (AvgIpc) is 2.76. The minimum absolute atomic E-state index is 0.0705. The lowest BCUT2D eigenvalue weighted by molar-refractivity contribution is 0.0347. The van der Waals surface area contributed by atoms with Gasteiger partial charge in [-0.15, -0.1) is 0 Å². The number of hydrogen-bond acceptors (Lipinski definition) is 3. The molecule has 7 nitrogen and oxygen atoms in total. The van der Waals surface area contributed by atoms with Gasteiger partial charge in [0.15, 0.2) is 0 Å². The molecule has 1 aromatic rings. The van der Waals surface area contributed by atoms with Crippen LogP contribution in [0.3, 0.4) is 0 Å². The molecule has 1 aliphatic heterocycles. The Morgan fingerprint density at radius 2 is 2.27 bits per heavy atom. The second-order valence-electron chi connectivity index (χ2n) is 5.89. The van der Waals surface area contributed by atoms with Crippen molar-refractivity contribution in [1.29, 1.82) is 0 Å². The fraction of sp³-hybridized carbons (Fsp3) is 0.500. The molecule has 1 unspecified atom stereocenters. The molecule has 1 amide bonds. The summed E-state index contributed by atoms with van der Waals surface area (Å²) in [4.78, 5) is 15.2. The quantitative estimate of drug-likeness (QED) is 0.504. The van der Waals surface area contributed by atoms with Gasteiger partial charge in [0.1, 0.15) is 11.9 Å². The van der Waals surface area contributed by atoms with Gasteiger partial charge in [-0.25, -0.2) is 9.18 Å². The van der Waals surface area contributed by atoms with Gasteiger partial charge in [-0.3, -0.25) is 4.90 Å². The van der Waals surface area contributed by atoms with Crippen molar-refractivity contribution < 1.29 is 19.4 Å². The molecule has 22 heavy (non-hydrogen) atoms. The maximum atomic E-state index is 14.3. The fourth-order valence-corrected chi connectivity index (χ4v) is 3.00. The minimum Gasteiger partial charge on any atom is -0.465 e. The van der Waals surface area contributed by atoms with Crippen molar-refractivity contribution in [2.75, 3.05) is 0 Å². The summed E-state index contributed by atoms with van der Waals surface area (Å²) in [6.45, 7) is 3.53. The molecule has 1 aliphatic rings. The summed E-state index contributed by atoms with van der Waals surface area (Å²) in [5.41, 5.74) is 7.49. The zero-order valence-corrected chi connectivity index (χ0v) is 12.3. The third-order valence-electron chi connectivity index (χ3n) is 4.09. The van der Waals surface area contributed by atoms with E-state index in [1.807, 2.05) is 0 Å². The van der Waals surface area contributed by atoms with E-state index in [9.17, 15) is 19.4 Å². The Balaban J connectivity index is 2.40. The molecule has 0 aromatic heterocycles. The van der Waals surface area contributed by atoms with Crippen LogP contribution < -0.4 is 0 Å². The van der Waals surface area contributed by atoms with Crippen LogP contribution in [0.25, 0.3) is 10.4 Å². The summed E-state index contributed by atoms with van der Waals surface area (Å²) in [7, 11) is 0. The van der Waals surface area contributed by atoms with Crippen molar-refractivity contribution in [3.63, 3.8) is 0 Å². The highest BCUT2D eigenvalue weighted by atomic mass is 19.1. The highest BCUT2D eigenvalue weighted by Crippen LogP contribution is 2.40. The van der Waals surface area contributed by atoms with Crippen LogP contribution in [0.1, 0.15) is 38.4 Å². The van der Waals surface area contributed by atoms with Gasteiger partial charge in [-0.1, -0.05) is 17.2 Å². The number of carboxylic acid groups (broad SMARTS) is 1. The van der Waals surface area contributed by atoms with Gasteiger partial charge in [0.05, 0.1) is 11.7 Å². The predicted molar refractivity (Wildman–Crippen MR) is 77.1 cm³/mol. The lowest BCUT2D eigenvalue weighted by atomic mass is 9.99. The Hall–Kier alpha value is -2.31. The Kier molecular flexibility index (Phi) is 4.25. The molecule has 1 fully saturated rings. The van der Waals surface area contributed by atoms with E-state index in [2.05, 4.69) is 10.0 Å². The molecule has 0 radical (unpaired) electrons. The molecule has 2 rings (SSSR count). The van der Waals surface area contributed by atoms with Crippen LogP contribution in [0, 0.1) is 5.82 Å². The summed E-state index contributed by atoms with van der Waals surface area (Å²) in [5, 5.41) is 23.1. The van der Waals surface area contributed by atoms with E-state index in [0.717, 1.165) is 4.90 Å². The fourth-order valence-electron chi connectivity index (χ4n) is 3.00. The van der Waals surface area contributed by atoms with E-state index < -0.39 is 29.6 Å². The molecular formula is C14H17FN4O3. The maximum absolute atomic E-state index is 14.3.